The largest absolute Gasteiger partial charge is 0.494 e. The van der Waals surface area contributed by atoms with Crippen molar-refractivity contribution >= 4 is 11.6 Å². The van der Waals surface area contributed by atoms with Gasteiger partial charge in [0.15, 0.2) is 0 Å². The number of anilines is 1. The molecule has 0 spiro atoms. The number of rotatable bonds is 6. The first-order valence-electron chi connectivity index (χ1n) is 7.01. The monoisotopic (exact) mass is 262 g/mol. The highest BCUT2D eigenvalue weighted by Crippen LogP contribution is 2.19. The molecule has 4 nitrogen and oxygen atoms in total. The van der Waals surface area contributed by atoms with E-state index in [-0.39, 0.29) is 5.91 Å². The van der Waals surface area contributed by atoms with Gasteiger partial charge in [-0.25, -0.2) is 0 Å². The second-order valence-electron chi connectivity index (χ2n) is 4.91. The predicted octanol–water partition coefficient (Wildman–Crippen LogP) is 2.41. The highest BCUT2D eigenvalue weighted by molar-refractivity contribution is 5.90. The smallest absolute Gasteiger partial charge is 0.224 e. The molecule has 2 rings (SSSR count). The number of carbonyl (C=O) groups is 1. The number of hydrogen-bond donors (Lipinski definition) is 2. The Morgan fingerprint density at radius 1 is 1.53 bits per heavy atom. The lowest BCUT2D eigenvalue weighted by Crippen LogP contribution is -2.15. The van der Waals surface area contributed by atoms with Crippen molar-refractivity contribution < 1.29 is 9.53 Å². The van der Waals surface area contributed by atoms with Crippen LogP contribution in [0.25, 0.3) is 0 Å². The zero-order valence-corrected chi connectivity index (χ0v) is 11.4. The van der Waals surface area contributed by atoms with Gasteiger partial charge < -0.3 is 15.4 Å². The lowest BCUT2D eigenvalue weighted by Gasteiger charge is -2.10. The summed E-state index contributed by atoms with van der Waals surface area (Å²) in [6, 6.07) is 7.53. The summed E-state index contributed by atoms with van der Waals surface area (Å²) in [6.45, 7) is 4.71. The van der Waals surface area contributed by atoms with E-state index in [0.29, 0.717) is 18.9 Å². The SMILES string of the molecule is CCOc1cccc(NC(=O)CCC2CCNC2)c1. The molecule has 1 heterocycles. The van der Waals surface area contributed by atoms with Crippen molar-refractivity contribution in [1.82, 2.24) is 5.32 Å². The summed E-state index contributed by atoms with van der Waals surface area (Å²) in [5.74, 6) is 1.53. The molecule has 1 fully saturated rings. The maximum atomic E-state index is 11.9. The first-order valence-corrected chi connectivity index (χ1v) is 7.01. The zero-order valence-electron chi connectivity index (χ0n) is 11.4. The minimum Gasteiger partial charge on any atom is -0.494 e. The normalized spacial score (nSPS) is 18.3. The maximum Gasteiger partial charge on any atom is 0.224 e. The molecule has 1 atom stereocenters. The molecule has 1 aliphatic heterocycles. The van der Waals surface area contributed by atoms with Crippen molar-refractivity contribution in [3.63, 3.8) is 0 Å². The Labute approximate surface area is 114 Å². The summed E-state index contributed by atoms with van der Waals surface area (Å²) < 4.78 is 5.41. The standard InChI is InChI=1S/C15H22N2O2/c1-2-19-14-5-3-4-13(10-14)17-15(18)7-6-12-8-9-16-11-12/h3-5,10,12,16H,2,6-9,11H2,1H3,(H,17,18). The fourth-order valence-corrected chi connectivity index (χ4v) is 2.35. The van der Waals surface area contributed by atoms with Gasteiger partial charge in [-0.05, 0) is 50.9 Å². The Morgan fingerprint density at radius 3 is 3.16 bits per heavy atom. The molecule has 1 aromatic carbocycles. The Kier molecular flexibility index (Phi) is 5.21. The fraction of sp³-hybridized carbons (Fsp3) is 0.533. The van der Waals surface area contributed by atoms with E-state index in [4.69, 9.17) is 4.74 Å². The molecule has 4 heteroatoms. The topological polar surface area (TPSA) is 50.4 Å². The molecular weight excluding hydrogens is 240 g/mol. The van der Waals surface area contributed by atoms with Crippen LogP contribution in [-0.4, -0.2) is 25.6 Å². The van der Waals surface area contributed by atoms with Crippen LogP contribution >= 0.6 is 0 Å². The van der Waals surface area contributed by atoms with Gasteiger partial charge in [0, 0.05) is 18.2 Å². The first kappa shape index (κ1) is 13.9. The summed E-state index contributed by atoms with van der Waals surface area (Å²) in [5.41, 5.74) is 0.806. The highest BCUT2D eigenvalue weighted by Gasteiger charge is 2.15. The maximum absolute atomic E-state index is 11.9. The van der Waals surface area contributed by atoms with Crippen LogP contribution in [0.3, 0.4) is 0 Å². The van der Waals surface area contributed by atoms with E-state index < -0.39 is 0 Å². The van der Waals surface area contributed by atoms with Crippen LogP contribution in [0.2, 0.25) is 0 Å². The Hall–Kier alpha value is -1.55. The van der Waals surface area contributed by atoms with E-state index in [9.17, 15) is 4.79 Å². The first-order chi connectivity index (χ1) is 9.28. The van der Waals surface area contributed by atoms with Crippen LogP contribution in [0.1, 0.15) is 26.2 Å². The summed E-state index contributed by atoms with van der Waals surface area (Å²) in [6.07, 6.45) is 2.74. The van der Waals surface area contributed by atoms with Gasteiger partial charge in [0.1, 0.15) is 5.75 Å². The Balaban J connectivity index is 1.79. The van der Waals surface area contributed by atoms with Crippen LogP contribution in [0, 0.1) is 5.92 Å². The molecule has 0 radical (unpaired) electrons. The number of ether oxygens (including phenoxy) is 1. The third-order valence-electron chi connectivity index (χ3n) is 3.37. The molecule has 1 saturated heterocycles. The van der Waals surface area contributed by atoms with Gasteiger partial charge in [0.2, 0.25) is 5.91 Å². The summed E-state index contributed by atoms with van der Waals surface area (Å²) in [5, 5.41) is 6.24. The van der Waals surface area contributed by atoms with Crippen molar-refractivity contribution in [2.75, 3.05) is 25.0 Å². The second kappa shape index (κ2) is 7.14. The fourth-order valence-electron chi connectivity index (χ4n) is 2.35. The van der Waals surface area contributed by atoms with Crippen LogP contribution in [0.4, 0.5) is 5.69 Å². The van der Waals surface area contributed by atoms with Crippen molar-refractivity contribution in [2.45, 2.75) is 26.2 Å². The molecule has 2 N–H and O–H groups in total. The summed E-state index contributed by atoms with van der Waals surface area (Å²) in [7, 11) is 0. The number of benzene rings is 1. The molecule has 1 amide bonds. The minimum absolute atomic E-state index is 0.0838. The zero-order chi connectivity index (χ0) is 13.5. The van der Waals surface area contributed by atoms with Crippen molar-refractivity contribution in [3.8, 4) is 5.75 Å². The third kappa shape index (κ3) is 4.56. The van der Waals surface area contributed by atoms with E-state index in [1.54, 1.807) is 0 Å². The Morgan fingerprint density at radius 2 is 2.42 bits per heavy atom. The lowest BCUT2D eigenvalue weighted by molar-refractivity contribution is -0.116. The molecule has 0 saturated carbocycles. The van der Waals surface area contributed by atoms with E-state index in [2.05, 4.69) is 10.6 Å². The van der Waals surface area contributed by atoms with Gasteiger partial charge in [-0.2, -0.15) is 0 Å². The number of carbonyl (C=O) groups excluding carboxylic acids is 1. The lowest BCUT2D eigenvalue weighted by atomic mass is 10.0. The quantitative estimate of drug-likeness (QED) is 0.827. The average molecular weight is 262 g/mol. The number of amides is 1. The van der Waals surface area contributed by atoms with Gasteiger partial charge >= 0.3 is 0 Å². The molecule has 1 aliphatic rings. The van der Waals surface area contributed by atoms with Gasteiger partial charge in [0.05, 0.1) is 6.61 Å². The minimum atomic E-state index is 0.0838. The van der Waals surface area contributed by atoms with Gasteiger partial charge in [-0.1, -0.05) is 6.07 Å². The van der Waals surface area contributed by atoms with Gasteiger partial charge in [0.25, 0.3) is 0 Å². The number of nitrogens with one attached hydrogen (secondary N) is 2. The third-order valence-corrected chi connectivity index (χ3v) is 3.37. The average Bonchev–Trinajstić information content (AvgIpc) is 2.90. The second-order valence-corrected chi connectivity index (χ2v) is 4.91. The number of hydrogen-bond acceptors (Lipinski definition) is 3. The van der Waals surface area contributed by atoms with Crippen LogP contribution in [0.15, 0.2) is 24.3 Å². The van der Waals surface area contributed by atoms with Crippen LogP contribution in [0.5, 0.6) is 5.75 Å². The molecule has 1 aromatic rings. The highest BCUT2D eigenvalue weighted by atomic mass is 16.5. The summed E-state index contributed by atoms with van der Waals surface area (Å²) >= 11 is 0. The molecular formula is C15H22N2O2. The van der Waals surface area contributed by atoms with Gasteiger partial charge in [-0.15, -0.1) is 0 Å². The van der Waals surface area contributed by atoms with Crippen LogP contribution < -0.4 is 15.4 Å². The predicted molar refractivity (Wildman–Crippen MR) is 76.5 cm³/mol. The molecule has 0 aromatic heterocycles. The molecule has 19 heavy (non-hydrogen) atoms. The van der Waals surface area contributed by atoms with Crippen LogP contribution in [-0.2, 0) is 4.79 Å². The molecule has 0 aliphatic carbocycles. The van der Waals surface area contributed by atoms with Crippen molar-refractivity contribution in [1.29, 1.82) is 0 Å². The van der Waals surface area contributed by atoms with E-state index in [1.807, 2.05) is 31.2 Å². The van der Waals surface area contributed by atoms with Crippen molar-refractivity contribution in [2.24, 2.45) is 5.92 Å². The van der Waals surface area contributed by atoms with E-state index in [1.165, 1.54) is 6.42 Å². The van der Waals surface area contributed by atoms with Gasteiger partial charge in [-0.3, -0.25) is 4.79 Å². The molecule has 1 unspecified atom stereocenters. The van der Waals surface area contributed by atoms with E-state index >= 15 is 0 Å². The molecule has 0 bridgehead atoms. The summed E-state index contributed by atoms with van der Waals surface area (Å²) in [4.78, 5) is 11.9. The Bertz CT molecular complexity index is 414. The molecule has 104 valence electrons. The van der Waals surface area contributed by atoms with E-state index in [0.717, 1.165) is 30.9 Å². The van der Waals surface area contributed by atoms with Crippen molar-refractivity contribution in [3.05, 3.63) is 24.3 Å².